The molecule has 0 aliphatic rings. The number of hydrogen-bond acceptors (Lipinski definition) is 3. The number of azo groups is 1. The second-order valence-electron chi connectivity index (χ2n) is 3.15. The van der Waals surface area contributed by atoms with Crippen LogP contribution in [0.5, 0.6) is 5.75 Å². The summed E-state index contributed by atoms with van der Waals surface area (Å²) in [7, 11) is 1.61. The van der Waals surface area contributed by atoms with Gasteiger partial charge in [0.25, 0.3) is 0 Å². The Morgan fingerprint density at radius 1 is 0.941 bits per heavy atom. The van der Waals surface area contributed by atoms with Crippen LogP contribution < -0.4 is 23.6 Å². The van der Waals surface area contributed by atoms with Gasteiger partial charge in [-0.05, 0) is 17.8 Å². The molecule has 2 aromatic rings. The van der Waals surface area contributed by atoms with Crippen molar-refractivity contribution in [2.24, 2.45) is 10.2 Å². The molecule has 0 bridgehead atoms. The molecular weight excluding hydrogens is 207 g/mol. The summed E-state index contributed by atoms with van der Waals surface area (Å²) in [6.45, 7) is 0. The standard InChI is InChI=1S/C13H11N2O.Li/c1-16-13-9-7-12(8-10-13)15-14-11-5-3-2-4-6-11;/h2-9H,1H3;/q-1;+1. The van der Waals surface area contributed by atoms with Gasteiger partial charge in [-0.1, -0.05) is 18.2 Å². The van der Waals surface area contributed by atoms with Gasteiger partial charge >= 0.3 is 18.9 Å². The van der Waals surface area contributed by atoms with Crippen molar-refractivity contribution in [3.05, 3.63) is 54.6 Å². The third-order valence-corrected chi connectivity index (χ3v) is 2.02. The molecule has 0 saturated heterocycles. The van der Waals surface area contributed by atoms with E-state index in [1.807, 2.05) is 36.4 Å². The molecule has 0 radical (unpaired) electrons. The Kier molecular flexibility index (Phi) is 5.48. The van der Waals surface area contributed by atoms with Gasteiger partial charge < -0.3 is 4.74 Å². The SMILES string of the molecule is COc1[c-]cc(N=Nc2ccccc2)cc1.[Li+]. The largest absolute Gasteiger partial charge is 1.00 e. The van der Waals surface area contributed by atoms with Gasteiger partial charge in [-0.15, -0.1) is 24.3 Å². The summed E-state index contributed by atoms with van der Waals surface area (Å²) < 4.78 is 5.00. The summed E-state index contributed by atoms with van der Waals surface area (Å²) in [5.74, 6) is 0.693. The smallest absolute Gasteiger partial charge is 0.523 e. The second-order valence-corrected chi connectivity index (χ2v) is 3.15. The van der Waals surface area contributed by atoms with Crippen LogP contribution in [0.15, 0.2) is 58.8 Å². The Hall–Kier alpha value is -1.56. The van der Waals surface area contributed by atoms with E-state index in [9.17, 15) is 0 Å². The third-order valence-electron chi connectivity index (χ3n) is 2.02. The molecule has 2 aromatic carbocycles. The first-order valence-corrected chi connectivity index (χ1v) is 4.91. The van der Waals surface area contributed by atoms with Crippen molar-refractivity contribution < 1.29 is 23.6 Å². The van der Waals surface area contributed by atoms with E-state index in [-0.39, 0.29) is 18.9 Å². The number of hydrogen-bond donors (Lipinski definition) is 0. The topological polar surface area (TPSA) is 34.0 Å². The van der Waals surface area contributed by atoms with Crippen LogP contribution in [0.4, 0.5) is 11.4 Å². The first-order valence-electron chi connectivity index (χ1n) is 4.91. The van der Waals surface area contributed by atoms with Gasteiger partial charge in [-0.2, -0.15) is 5.11 Å². The average molecular weight is 218 g/mol. The van der Waals surface area contributed by atoms with Crippen molar-refractivity contribution in [2.45, 2.75) is 0 Å². The minimum atomic E-state index is 0. The van der Waals surface area contributed by atoms with E-state index in [1.54, 1.807) is 19.2 Å². The van der Waals surface area contributed by atoms with Gasteiger partial charge in [-0.25, -0.2) is 5.11 Å². The monoisotopic (exact) mass is 218 g/mol. The number of nitrogens with zero attached hydrogens (tertiary/aromatic N) is 2. The predicted octanol–water partition coefficient (Wildman–Crippen LogP) is 0.915. The molecule has 3 nitrogen and oxygen atoms in total. The van der Waals surface area contributed by atoms with Crippen molar-refractivity contribution in [1.29, 1.82) is 0 Å². The van der Waals surface area contributed by atoms with Crippen molar-refractivity contribution in [1.82, 2.24) is 0 Å². The van der Waals surface area contributed by atoms with Crippen LogP contribution >= 0.6 is 0 Å². The average Bonchev–Trinajstić information content (AvgIpc) is 2.38. The van der Waals surface area contributed by atoms with Crippen LogP contribution in [0.3, 0.4) is 0 Å². The summed E-state index contributed by atoms with van der Waals surface area (Å²) in [4.78, 5) is 0. The van der Waals surface area contributed by atoms with Crippen molar-refractivity contribution >= 4 is 11.4 Å². The molecule has 17 heavy (non-hydrogen) atoms. The Balaban J connectivity index is 0.00000144. The maximum Gasteiger partial charge on any atom is 1.00 e. The molecule has 4 heteroatoms. The summed E-state index contributed by atoms with van der Waals surface area (Å²) in [6.07, 6.45) is 0. The summed E-state index contributed by atoms with van der Waals surface area (Å²) >= 11 is 0. The summed E-state index contributed by atoms with van der Waals surface area (Å²) in [5.41, 5.74) is 1.59. The molecule has 0 amide bonds. The van der Waals surface area contributed by atoms with E-state index < -0.39 is 0 Å². The zero-order valence-electron chi connectivity index (χ0n) is 9.92. The van der Waals surface area contributed by atoms with Gasteiger partial charge in [0.05, 0.1) is 12.8 Å². The molecular formula is C13H11LiN2O. The molecule has 0 aliphatic heterocycles. The molecule has 0 atom stereocenters. The molecule has 0 spiro atoms. The van der Waals surface area contributed by atoms with E-state index in [0.29, 0.717) is 5.75 Å². The van der Waals surface area contributed by atoms with Gasteiger partial charge in [-0.3, -0.25) is 0 Å². The van der Waals surface area contributed by atoms with E-state index in [2.05, 4.69) is 16.3 Å². The number of methoxy groups -OCH3 is 1. The quantitative estimate of drug-likeness (QED) is 0.428. The Morgan fingerprint density at radius 2 is 1.65 bits per heavy atom. The minimum Gasteiger partial charge on any atom is -0.523 e. The van der Waals surface area contributed by atoms with Gasteiger partial charge in [0.2, 0.25) is 0 Å². The summed E-state index contributed by atoms with van der Waals surface area (Å²) in [5, 5.41) is 8.19. The zero-order valence-corrected chi connectivity index (χ0v) is 9.92. The fraction of sp³-hybridized carbons (Fsp3) is 0.0769. The van der Waals surface area contributed by atoms with Crippen LogP contribution in [-0.4, -0.2) is 7.11 Å². The predicted molar refractivity (Wildman–Crippen MR) is 62.4 cm³/mol. The number of benzene rings is 2. The Bertz CT molecular complexity index is 469. The van der Waals surface area contributed by atoms with Crippen LogP contribution in [0, 0.1) is 6.07 Å². The molecule has 0 saturated carbocycles. The van der Waals surface area contributed by atoms with Crippen molar-refractivity contribution in [2.75, 3.05) is 7.11 Å². The molecule has 0 heterocycles. The van der Waals surface area contributed by atoms with E-state index in [0.717, 1.165) is 11.4 Å². The van der Waals surface area contributed by atoms with Crippen molar-refractivity contribution in [3.8, 4) is 5.75 Å². The fourth-order valence-electron chi connectivity index (χ4n) is 1.20. The molecule has 0 aliphatic carbocycles. The fourth-order valence-corrected chi connectivity index (χ4v) is 1.20. The molecule has 0 N–H and O–H groups in total. The maximum absolute atomic E-state index is 5.00. The molecule has 0 aromatic heterocycles. The number of rotatable bonds is 3. The molecule has 0 fully saturated rings. The molecule has 80 valence electrons. The second kappa shape index (κ2) is 6.90. The zero-order chi connectivity index (χ0) is 11.2. The van der Waals surface area contributed by atoms with Crippen LogP contribution in [0.25, 0.3) is 0 Å². The summed E-state index contributed by atoms with van der Waals surface area (Å²) in [6, 6.07) is 17.9. The molecule has 0 unspecified atom stereocenters. The van der Waals surface area contributed by atoms with Crippen LogP contribution in [-0.2, 0) is 0 Å². The van der Waals surface area contributed by atoms with Crippen LogP contribution in [0.2, 0.25) is 0 Å². The normalized spacial score (nSPS) is 9.94. The van der Waals surface area contributed by atoms with Gasteiger partial charge in [0.15, 0.2) is 0 Å². The van der Waals surface area contributed by atoms with Gasteiger partial charge in [0.1, 0.15) is 0 Å². The first kappa shape index (κ1) is 13.5. The van der Waals surface area contributed by atoms with E-state index >= 15 is 0 Å². The Morgan fingerprint density at radius 3 is 2.24 bits per heavy atom. The van der Waals surface area contributed by atoms with Crippen molar-refractivity contribution in [3.63, 3.8) is 0 Å². The maximum atomic E-state index is 5.00. The number of ether oxygens (including phenoxy) is 1. The third kappa shape index (κ3) is 4.07. The first-order chi connectivity index (χ1) is 7.88. The van der Waals surface area contributed by atoms with E-state index in [4.69, 9.17) is 4.74 Å². The molecule has 2 rings (SSSR count). The minimum absolute atomic E-state index is 0. The van der Waals surface area contributed by atoms with E-state index in [1.165, 1.54) is 0 Å². The van der Waals surface area contributed by atoms with Crippen LogP contribution in [0.1, 0.15) is 0 Å². The Labute approximate surface area is 113 Å². The van der Waals surface area contributed by atoms with Gasteiger partial charge in [0, 0.05) is 5.75 Å².